The van der Waals surface area contributed by atoms with Gasteiger partial charge in [0.1, 0.15) is 18.6 Å². The van der Waals surface area contributed by atoms with Crippen molar-refractivity contribution < 1.29 is 67.9 Å². The number of urea groups is 1. The Kier molecular flexibility index (Phi) is 23.5. The molecule has 0 aromatic heterocycles. The lowest BCUT2D eigenvalue weighted by Gasteiger charge is -2.40. The highest BCUT2D eigenvalue weighted by Crippen LogP contribution is 2.29. The quantitative estimate of drug-likeness (QED) is 0.0142. The van der Waals surface area contributed by atoms with Crippen LogP contribution in [0.2, 0.25) is 0 Å². The Morgan fingerprint density at radius 3 is 1.94 bits per heavy atom. The number of likely N-dealkylation sites (N-methyl/N-ethyl adjacent to an activating group) is 1. The van der Waals surface area contributed by atoms with Gasteiger partial charge < -0.3 is 42.3 Å². The molecule has 3 aliphatic heterocycles. The molecule has 2 unspecified atom stereocenters. The fourth-order valence-electron chi connectivity index (χ4n) is 8.58. The molecule has 0 bridgehead atoms. The summed E-state index contributed by atoms with van der Waals surface area (Å²) in [5.41, 5.74) is 18.9. The number of Topliss-reactive ketones (excluding diaryl/α,β-unsaturated/α-hetero) is 3. The number of hydrogen-bond donors (Lipinski definition) is 10. The van der Waals surface area contributed by atoms with Crippen molar-refractivity contribution in [2.75, 3.05) is 98.7 Å². The number of amides is 4. The molecule has 0 aromatic rings. The molecule has 3 aliphatic rings. The summed E-state index contributed by atoms with van der Waals surface area (Å²) in [4.78, 5) is 144. The zero-order valence-electron chi connectivity index (χ0n) is 39.4. The van der Waals surface area contributed by atoms with Gasteiger partial charge in [-0.05, 0) is 38.6 Å². The van der Waals surface area contributed by atoms with E-state index in [2.05, 4.69) is 31.9 Å². The lowest BCUT2D eigenvalue weighted by molar-refractivity contribution is -0.903. The number of hydrogen-bond acceptors (Lipinski definition) is 17. The van der Waals surface area contributed by atoms with E-state index >= 15 is 4.79 Å². The van der Waals surface area contributed by atoms with Crippen molar-refractivity contribution in [2.24, 2.45) is 28.3 Å². The van der Waals surface area contributed by atoms with Crippen LogP contribution in [0.15, 0.2) is 4.99 Å². The van der Waals surface area contributed by atoms with Gasteiger partial charge in [0.15, 0.2) is 35.9 Å². The van der Waals surface area contributed by atoms with Crippen LogP contribution in [0, 0.1) is 11.8 Å². The number of nitrogens with zero attached hydrogens (tertiary/aromatic N) is 6. The Balaban J connectivity index is 2.11. The van der Waals surface area contributed by atoms with Gasteiger partial charge in [-0.15, -0.1) is 5.43 Å². The number of ketones is 3. The second-order valence-corrected chi connectivity index (χ2v) is 18.0. The highest BCUT2D eigenvalue weighted by Gasteiger charge is 2.54. The average Bonchev–Trinajstić information content (AvgIpc) is 3.69. The number of carboxylic acids is 3. The monoisotopic (exact) mass is 967 g/mol. The average molecular weight is 967 g/mol. The molecule has 4 amide bonds. The van der Waals surface area contributed by atoms with Gasteiger partial charge in [-0.2, -0.15) is 4.59 Å². The van der Waals surface area contributed by atoms with Crippen LogP contribution in [0.3, 0.4) is 0 Å². The van der Waals surface area contributed by atoms with Crippen LogP contribution in [0.5, 0.6) is 0 Å². The number of aliphatic carboxylic acids is 3. The van der Waals surface area contributed by atoms with Crippen molar-refractivity contribution in [3.05, 3.63) is 0 Å². The largest absolute Gasteiger partial charge is 0.481 e. The zero-order chi connectivity index (χ0) is 50.6. The van der Waals surface area contributed by atoms with Crippen molar-refractivity contribution in [3.63, 3.8) is 0 Å². The fraction of sp³-hybridized carbons (Fsp3) is 0.738. The SMILES string of the molecule is CC(C)[C@@H]1NC(=O)NN[C@@H](CC(=O)O)C(=O)C(=O)NCCCCC(C(=O)CN2CCN(C)CCN(CC(=O)O)CCN(CC(=O)O)CC2)C(=O)[C@H](CCCN=C(N)N)N[N+]2(CCC[C@H]2C=O)C1=O. The van der Waals surface area contributed by atoms with Crippen LogP contribution in [-0.4, -0.2) is 228 Å². The van der Waals surface area contributed by atoms with E-state index < -0.39 is 100 Å². The maximum atomic E-state index is 15.2. The number of nitrogens with one attached hydrogen (secondary N) is 5. The molecule has 3 fully saturated rings. The number of nitrogens with two attached hydrogens (primary N) is 2. The first kappa shape index (κ1) is 56.8. The topological polar surface area (TPSA) is 369 Å². The first-order valence-electron chi connectivity index (χ1n) is 23.1. The van der Waals surface area contributed by atoms with Gasteiger partial charge >= 0.3 is 29.8 Å². The molecular formula is C42H72N13O13+. The first-order chi connectivity index (χ1) is 32.2. The summed E-state index contributed by atoms with van der Waals surface area (Å²) in [5.74, 6) is -9.85. The molecule has 68 heavy (non-hydrogen) atoms. The molecule has 0 aliphatic carbocycles. The molecule has 3 saturated heterocycles. The number of quaternary nitrogens is 1. The van der Waals surface area contributed by atoms with E-state index in [4.69, 9.17) is 11.5 Å². The second kappa shape index (κ2) is 28.1. The molecule has 1 spiro atoms. The molecule has 0 radical (unpaired) electrons. The fourth-order valence-corrected chi connectivity index (χ4v) is 8.58. The van der Waals surface area contributed by atoms with E-state index in [1.165, 1.54) is 0 Å². The van der Waals surface area contributed by atoms with Gasteiger partial charge in [-0.3, -0.25) is 63.5 Å². The maximum absolute atomic E-state index is 15.2. The van der Waals surface area contributed by atoms with Gasteiger partial charge in [-0.1, -0.05) is 20.3 Å². The smallest absolute Gasteiger partial charge is 0.356 e. The first-order valence-corrected chi connectivity index (χ1v) is 23.1. The van der Waals surface area contributed by atoms with E-state index in [0.717, 1.165) is 0 Å². The maximum Gasteiger partial charge on any atom is 0.356 e. The number of carbonyl (C=O) groups excluding carboxylic acids is 7. The minimum atomic E-state index is -1.71. The van der Waals surface area contributed by atoms with E-state index in [0.29, 0.717) is 38.9 Å². The summed E-state index contributed by atoms with van der Waals surface area (Å²) in [6.45, 7) is 4.96. The number of guanidine groups is 1. The van der Waals surface area contributed by atoms with Crippen molar-refractivity contribution >= 4 is 65.3 Å². The third kappa shape index (κ3) is 18.2. The summed E-state index contributed by atoms with van der Waals surface area (Å²) >= 11 is 0. The third-order valence-corrected chi connectivity index (χ3v) is 12.4. The Morgan fingerprint density at radius 1 is 0.809 bits per heavy atom. The number of hydrazine groups is 1. The minimum Gasteiger partial charge on any atom is -0.481 e. The second-order valence-electron chi connectivity index (χ2n) is 18.0. The van der Waals surface area contributed by atoms with Crippen molar-refractivity contribution in [2.45, 2.75) is 89.4 Å². The number of carbonyl (C=O) groups is 10. The van der Waals surface area contributed by atoms with Gasteiger partial charge in [0.05, 0.1) is 32.0 Å². The van der Waals surface area contributed by atoms with E-state index in [9.17, 15) is 58.5 Å². The highest BCUT2D eigenvalue weighted by atomic mass is 16.4. The van der Waals surface area contributed by atoms with Crippen molar-refractivity contribution in [1.82, 2.24) is 46.5 Å². The van der Waals surface area contributed by atoms with Crippen LogP contribution in [0.4, 0.5) is 4.79 Å². The van der Waals surface area contributed by atoms with Crippen LogP contribution >= 0.6 is 0 Å². The molecule has 6 atom stereocenters. The Morgan fingerprint density at radius 2 is 1.40 bits per heavy atom. The van der Waals surface area contributed by atoms with Crippen LogP contribution in [0.25, 0.3) is 0 Å². The number of carboxylic acid groups (broad SMARTS) is 3. The highest BCUT2D eigenvalue weighted by molar-refractivity contribution is 6.38. The molecule has 26 nitrogen and oxygen atoms in total. The Bertz CT molecular complexity index is 1830. The summed E-state index contributed by atoms with van der Waals surface area (Å²) in [6, 6.07) is -6.39. The molecular weight excluding hydrogens is 895 g/mol. The number of aliphatic imine (C=N–C) groups is 1. The Hall–Kier alpha value is -5.51. The summed E-state index contributed by atoms with van der Waals surface area (Å²) in [6.07, 6.45) is 0.788. The molecule has 0 saturated carbocycles. The lowest BCUT2D eigenvalue weighted by Crippen LogP contribution is -2.73. The molecule has 26 heteroatoms. The number of rotatable bonds is 15. The van der Waals surface area contributed by atoms with E-state index in [1.807, 2.05) is 16.8 Å². The summed E-state index contributed by atoms with van der Waals surface area (Å²) in [7, 11) is 1.85. The van der Waals surface area contributed by atoms with Crippen LogP contribution in [-0.2, 0) is 43.2 Å². The Labute approximate surface area is 395 Å². The van der Waals surface area contributed by atoms with Gasteiger partial charge in [0.25, 0.3) is 5.91 Å². The molecule has 12 N–H and O–H groups in total. The van der Waals surface area contributed by atoms with Gasteiger partial charge in [-0.25, -0.2) is 15.0 Å². The molecule has 3 heterocycles. The standard InChI is InChI=1S/C42H71N13O13/c1-27(2)36-40(67)55(21-7-8-28(55)26-56)50-30(10-6-12-46-41(43)44)37(64)29(9-4-5-11-45-39(66)38(65)31(22-33(58)59)48-49-42(68)47-36)32(57)23-52-15-13-51(3)14-16-53(24-34(60)61)19-20-54(18-17-52)25-35(62)63/h26-31,36,50H,4-25H2,1-3H3,(H10-,43,44,45,46,47,48,49,58,59,60,61,62,63,65,66,68)/p+1/t28-,29?,30-,31-,36-,55?/m0/s1. The lowest BCUT2D eigenvalue weighted by atomic mass is 9.87. The predicted octanol–water partition coefficient (Wildman–Crippen LogP) is -4.07. The normalized spacial score (nSPS) is 27.1. The van der Waals surface area contributed by atoms with Crippen LogP contribution < -0.4 is 38.4 Å². The minimum absolute atomic E-state index is 0.00309. The van der Waals surface area contributed by atoms with Gasteiger partial charge in [0.2, 0.25) is 5.78 Å². The summed E-state index contributed by atoms with van der Waals surface area (Å²) in [5, 5.41) is 33.6. The zero-order valence-corrected chi connectivity index (χ0v) is 39.4. The van der Waals surface area contributed by atoms with E-state index in [1.54, 1.807) is 23.6 Å². The third-order valence-electron chi connectivity index (χ3n) is 12.4. The predicted molar refractivity (Wildman–Crippen MR) is 243 cm³/mol. The van der Waals surface area contributed by atoms with E-state index in [-0.39, 0.29) is 110 Å². The molecule has 0 aromatic carbocycles. The summed E-state index contributed by atoms with van der Waals surface area (Å²) < 4.78 is -0.764. The molecule has 382 valence electrons. The van der Waals surface area contributed by atoms with Crippen molar-refractivity contribution in [1.29, 1.82) is 0 Å². The number of aldehydes is 1. The van der Waals surface area contributed by atoms with Crippen LogP contribution in [0.1, 0.15) is 65.2 Å². The van der Waals surface area contributed by atoms with Crippen molar-refractivity contribution in [3.8, 4) is 0 Å². The van der Waals surface area contributed by atoms with Gasteiger partial charge in [0, 0.05) is 78.3 Å². The molecule has 3 rings (SSSR count).